The van der Waals surface area contributed by atoms with Crippen LogP contribution in [0.5, 0.6) is 0 Å². The SMILES string of the molecule is Fc1ccc(-c2cc(-c3ccccc3)cc(N(c3cccc(F)c3F)c3ccc4ccc5c(N(c6cc(-c7ccccc7)cc(-c7ccc(F)cc7)c6)c6cccc(F)c6F)ccc6ccc3c4c65)c2)cc1. The average molecular weight is 949 g/mol. The van der Waals surface area contributed by atoms with Crippen LogP contribution in [0.25, 0.3) is 76.8 Å². The summed E-state index contributed by atoms with van der Waals surface area (Å²) in [5.41, 5.74) is 8.24. The Hall–Kier alpha value is -9.14. The Morgan fingerprint density at radius 1 is 0.250 bits per heavy atom. The number of benzene rings is 12. The van der Waals surface area contributed by atoms with Crippen LogP contribution in [-0.2, 0) is 0 Å². The molecule has 0 atom stereocenters. The van der Waals surface area contributed by atoms with Gasteiger partial charge in [-0.2, -0.15) is 0 Å². The van der Waals surface area contributed by atoms with Gasteiger partial charge in [0.05, 0.1) is 22.7 Å². The maximum atomic E-state index is 16.6. The molecular formula is C64H38F6N2. The van der Waals surface area contributed by atoms with E-state index < -0.39 is 34.9 Å². The molecule has 0 aliphatic heterocycles. The third kappa shape index (κ3) is 7.83. The van der Waals surface area contributed by atoms with E-state index in [2.05, 4.69) is 0 Å². The number of halogens is 6. The Labute approximate surface area is 410 Å². The van der Waals surface area contributed by atoms with Crippen LogP contribution >= 0.6 is 0 Å². The van der Waals surface area contributed by atoms with Crippen LogP contribution in [0.15, 0.2) is 231 Å². The van der Waals surface area contributed by atoms with Crippen LogP contribution in [0.1, 0.15) is 0 Å². The van der Waals surface area contributed by atoms with Crippen LogP contribution in [0, 0.1) is 34.9 Å². The zero-order valence-electron chi connectivity index (χ0n) is 38.1. The van der Waals surface area contributed by atoms with Crippen molar-refractivity contribution in [2.24, 2.45) is 0 Å². The molecule has 0 saturated heterocycles. The summed E-state index contributed by atoms with van der Waals surface area (Å²) in [6.07, 6.45) is 0. The largest absolute Gasteiger partial charge is 0.307 e. The molecule has 2 nitrogen and oxygen atoms in total. The number of nitrogens with zero attached hydrogens (tertiary/aromatic N) is 2. The molecule has 0 bridgehead atoms. The molecule has 0 spiro atoms. The van der Waals surface area contributed by atoms with Crippen LogP contribution in [0.2, 0.25) is 0 Å². The van der Waals surface area contributed by atoms with Crippen molar-refractivity contribution in [2.75, 3.05) is 9.80 Å². The molecule has 0 unspecified atom stereocenters. The van der Waals surface area contributed by atoms with Gasteiger partial charge in [0.1, 0.15) is 11.6 Å². The van der Waals surface area contributed by atoms with E-state index in [0.717, 1.165) is 78.2 Å². The summed E-state index contributed by atoms with van der Waals surface area (Å²) in [6, 6.07) is 67.0. The normalized spacial score (nSPS) is 11.5. The zero-order chi connectivity index (χ0) is 49.0. The molecule has 0 aliphatic carbocycles. The lowest BCUT2D eigenvalue weighted by atomic mass is 9.91. The monoisotopic (exact) mass is 948 g/mol. The molecule has 0 N–H and O–H groups in total. The summed E-state index contributed by atoms with van der Waals surface area (Å²) in [5.74, 6) is -4.94. The van der Waals surface area contributed by atoms with Crippen molar-refractivity contribution in [2.45, 2.75) is 0 Å². The van der Waals surface area contributed by atoms with Gasteiger partial charge < -0.3 is 9.80 Å². The number of hydrogen-bond acceptors (Lipinski definition) is 2. The van der Waals surface area contributed by atoms with E-state index in [-0.39, 0.29) is 11.4 Å². The van der Waals surface area contributed by atoms with E-state index in [1.807, 2.05) is 146 Å². The fraction of sp³-hybridized carbons (Fsp3) is 0. The van der Waals surface area contributed by atoms with Gasteiger partial charge in [0, 0.05) is 22.1 Å². The van der Waals surface area contributed by atoms with Crippen LogP contribution in [0.4, 0.5) is 60.5 Å². The summed E-state index contributed by atoms with van der Waals surface area (Å²) >= 11 is 0. The topological polar surface area (TPSA) is 6.48 Å². The highest BCUT2D eigenvalue weighted by Gasteiger charge is 2.27. The van der Waals surface area contributed by atoms with Crippen molar-refractivity contribution in [1.29, 1.82) is 0 Å². The molecule has 0 saturated carbocycles. The molecule has 0 heterocycles. The van der Waals surface area contributed by atoms with Gasteiger partial charge in [-0.3, -0.25) is 0 Å². The quantitative estimate of drug-likeness (QED) is 0.0996. The van der Waals surface area contributed by atoms with E-state index >= 15 is 17.6 Å². The minimum Gasteiger partial charge on any atom is -0.307 e. The lowest BCUT2D eigenvalue weighted by Crippen LogP contribution is -2.14. The third-order valence-electron chi connectivity index (χ3n) is 13.4. The van der Waals surface area contributed by atoms with Gasteiger partial charge in [-0.1, -0.05) is 133 Å². The summed E-state index contributed by atoms with van der Waals surface area (Å²) in [5, 5.41) is 4.70. The molecular weight excluding hydrogens is 911 g/mol. The minimum absolute atomic E-state index is 0.0380. The first-order valence-corrected chi connectivity index (χ1v) is 23.3. The molecule has 0 aliphatic rings. The highest BCUT2D eigenvalue weighted by Crippen LogP contribution is 2.50. The smallest absolute Gasteiger partial charge is 0.182 e. The summed E-state index contributed by atoms with van der Waals surface area (Å²) in [7, 11) is 0. The molecule has 0 fully saturated rings. The molecule has 8 heteroatoms. The summed E-state index contributed by atoms with van der Waals surface area (Å²) in [4.78, 5) is 3.43. The second-order valence-corrected chi connectivity index (χ2v) is 17.7. The molecule has 12 rings (SSSR count). The van der Waals surface area contributed by atoms with Gasteiger partial charge in [0.25, 0.3) is 0 Å². The van der Waals surface area contributed by atoms with Crippen LogP contribution < -0.4 is 9.80 Å². The molecule has 12 aromatic carbocycles. The number of hydrogen-bond donors (Lipinski definition) is 0. The third-order valence-corrected chi connectivity index (χ3v) is 13.4. The van der Waals surface area contributed by atoms with Crippen molar-refractivity contribution in [3.05, 3.63) is 265 Å². The van der Waals surface area contributed by atoms with Gasteiger partial charge in [-0.15, -0.1) is 0 Å². The number of anilines is 6. The lowest BCUT2D eigenvalue weighted by molar-refractivity contribution is 0.510. The zero-order valence-corrected chi connectivity index (χ0v) is 38.1. The van der Waals surface area contributed by atoms with Crippen molar-refractivity contribution in [1.82, 2.24) is 0 Å². The standard InChI is InChI=1S/C64H38F6N2/c65-49-25-17-41(18-26-49)47-33-45(39-9-3-1-4-10-39)35-51(37-47)71(59-15-7-13-55(67)63(59)69)57-31-23-43-22-30-54-58(32-24-44-21-29-53(57)61(43)62(44)54)72(60-16-8-14-56(68)64(60)70)52-36-46(40-11-5-2-6-12-40)34-48(38-52)42-19-27-50(66)28-20-42/h1-38H. The molecule has 0 aromatic heterocycles. The van der Waals surface area contributed by atoms with Crippen molar-refractivity contribution in [3.63, 3.8) is 0 Å². The van der Waals surface area contributed by atoms with E-state index in [4.69, 9.17) is 0 Å². The van der Waals surface area contributed by atoms with Gasteiger partial charge >= 0.3 is 0 Å². The Morgan fingerprint density at radius 3 is 0.972 bits per heavy atom. The Bertz CT molecular complexity index is 3730. The summed E-state index contributed by atoms with van der Waals surface area (Å²) < 4.78 is 92.9. The number of rotatable bonds is 10. The highest BCUT2D eigenvalue weighted by molar-refractivity contribution is 6.28. The first kappa shape index (κ1) is 44.1. The lowest BCUT2D eigenvalue weighted by Gasteiger charge is -2.30. The first-order chi connectivity index (χ1) is 35.2. The Kier molecular flexibility index (Phi) is 11.0. The van der Waals surface area contributed by atoms with Crippen molar-refractivity contribution < 1.29 is 26.3 Å². The average Bonchev–Trinajstić information content (AvgIpc) is 3.42. The molecule has 0 radical (unpaired) electrons. The van der Waals surface area contributed by atoms with E-state index in [9.17, 15) is 8.78 Å². The first-order valence-electron chi connectivity index (χ1n) is 23.3. The van der Waals surface area contributed by atoms with Crippen molar-refractivity contribution >= 4 is 66.4 Å². The van der Waals surface area contributed by atoms with E-state index in [1.54, 1.807) is 34.1 Å². The Morgan fingerprint density at radius 2 is 0.597 bits per heavy atom. The van der Waals surface area contributed by atoms with Gasteiger partial charge in [0.15, 0.2) is 23.3 Å². The van der Waals surface area contributed by atoms with Crippen molar-refractivity contribution in [3.8, 4) is 44.5 Å². The maximum absolute atomic E-state index is 16.6. The Balaban J connectivity index is 1.12. The fourth-order valence-electron chi connectivity index (χ4n) is 10.00. The highest BCUT2D eigenvalue weighted by atomic mass is 19.2. The van der Waals surface area contributed by atoms with Crippen LogP contribution in [-0.4, -0.2) is 0 Å². The molecule has 72 heavy (non-hydrogen) atoms. The second kappa shape index (κ2) is 18.0. The molecule has 12 aromatic rings. The van der Waals surface area contributed by atoms with E-state index in [1.165, 1.54) is 48.5 Å². The summed E-state index contributed by atoms with van der Waals surface area (Å²) in [6.45, 7) is 0. The predicted octanol–water partition coefficient (Wildman–Crippen LogP) is 19.0. The van der Waals surface area contributed by atoms with Gasteiger partial charge in [0.2, 0.25) is 0 Å². The minimum atomic E-state index is -1.05. The van der Waals surface area contributed by atoms with Crippen LogP contribution in [0.3, 0.4) is 0 Å². The second-order valence-electron chi connectivity index (χ2n) is 17.7. The molecule has 346 valence electrons. The fourth-order valence-corrected chi connectivity index (χ4v) is 10.00. The predicted molar refractivity (Wildman–Crippen MR) is 281 cm³/mol. The van der Waals surface area contributed by atoms with E-state index in [0.29, 0.717) is 33.5 Å². The molecule has 0 amide bonds. The van der Waals surface area contributed by atoms with Gasteiger partial charge in [-0.05, 0) is 163 Å². The van der Waals surface area contributed by atoms with Gasteiger partial charge in [-0.25, -0.2) is 26.3 Å². The maximum Gasteiger partial charge on any atom is 0.182 e.